The SMILES string of the molecule is Cc1ccc(N(C)C(=O)c2ccccc2NC(=O)c2c(-c3ccccc3)cccc2[N+](=O)[O-])c(OCc2ccccc2)c1. The van der Waals surface area contributed by atoms with Crippen molar-refractivity contribution in [2.24, 2.45) is 0 Å². The van der Waals surface area contributed by atoms with E-state index in [1.54, 1.807) is 67.7 Å². The van der Waals surface area contributed by atoms with Gasteiger partial charge < -0.3 is 15.0 Å². The number of carbonyl (C=O) groups excluding carboxylic acids is 2. The number of anilines is 2. The molecule has 5 aromatic carbocycles. The highest BCUT2D eigenvalue weighted by molar-refractivity contribution is 6.16. The van der Waals surface area contributed by atoms with Crippen molar-refractivity contribution in [3.8, 4) is 16.9 Å². The first-order valence-corrected chi connectivity index (χ1v) is 13.6. The second-order valence-corrected chi connectivity index (χ2v) is 9.93. The standard InChI is InChI=1S/C35H29N3O5/c1-24-20-21-30(32(22-24)43-23-25-12-5-3-6-13-25)37(2)35(40)28-16-9-10-18-29(28)36-34(39)33-27(26-14-7-4-8-15-26)17-11-19-31(33)38(41)42/h3-22H,23H2,1-2H3,(H,36,39). The van der Waals surface area contributed by atoms with Gasteiger partial charge in [0.15, 0.2) is 0 Å². The van der Waals surface area contributed by atoms with Crippen molar-refractivity contribution in [3.63, 3.8) is 0 Å². The van der Waals surface area contributed by atoms with Crippen LogP contribution in [-0.2, 0) is 6.61 Å². The zero-order chi connectivity index (χ0) is 30.3. The molecule has 8 heteroatoms. The van der Waals surface area contributed by atoms with Crippen LogP contribution in [0.2, 0.25) is 0 Å². The average Bonchev–Trinajstić information content (AvgIpc) is 3.04. The number of hydrogen-bond donors (Lipinski definition) is 1. The number of carbonyl (C=O) groups is 2. The Hall–Kier alpha value is -5.76. The summed E-state index contributed by atoms with van der Waals surface area (Å²) in [5.74, 6) is -0.555. The number of nitro benzene ring substituents is 1. The Morgan fingerprint density at radius 3 is 2.23 bits per heavy atom. The summed E-state index contributed by atoms with van der Waals surface area (Å²) in [6.45, 7) is 2.27. The molecule has 0 aromatic heterocycles. The third kappa shape index (κ3) is 6.44. The van der Waals surface area contributed by atoms with E-state index in [1.807, 2.05) is 61.5 Å². The number of nitrogens with one attached hydrogen (secondary N) is 1. The monoisotopic (exact) mass is 571 g/mol. The molecular formula is C35H29N3O5. The van der Waals surface area contributed by atoms with E-state index in [-0.39, 0.29) is 22.5 Å². The van der Waals surface area contributed by atoms with Crippen LogP contribution in [0, 0.1) is 17.0 Å². The Labute approximate surface area is 249 Å². The highest BCUT2D eigenvalue weighted by Gasteiger charge is 2.27. The summed E-state index contributed by atoms with van der Waals surface area (Å²) in [7, 11) is 1.64. The van der Waals surface area contributed by atoms with Gasteiger partial charge in [0.2, 0.25) is 0 Å². The zero-order valence-corrected chi connectivity index (χ0v) is 23.7. The van der Waals surface area contributed by atoms with Crippen molar-refractivity contribution in [2.45, 2.75) is 13.5 Å². The highest BCUT2D eigenvalue weighted by atomic mass is 16.6. The maximum Gasteiger partial charge on any atom is 0.282 e. The van der Waals surface area contributed by atoms with Crippen molar-refractivity contribution in [1.29, 1.82) is 0 Å². The maximum absolute atomic E-state index is 13.9. The minimum atomic E-state index is -0.698. The molecule has 0 atom stereocenters. The van der Waals surface area contributed by atoms with E-state index in [1.165, 1.54) is 11.0 Å². The molecule has 0 aliphatic rings. The molecule has 0 aliphatic carbocycles. The van der Waals surface area contributed by atoms with Crippen molar-refractivity contribution in [2.75, 3.05) is 17.3 Å². The molecule has 0 heterocycles. The third-order valence-electron chi connectivity index (χ3n) is 6.98. The number of benzene rings is 5. The van der Waals surface area contributed by atoms with Crippen LogP contribution >= 0.6 is 0 Å². The number of ether oxygens (including phenoxy) is 1. The van der Waals surface area contributed by atoms with E-state index in [0.29, 0.717) is 29.2 Å². The molecule has 43 heavy (non-hydrogen) atoms. The Morgan fingerprint density at radius 2 is 1.51 bits per heavy atom. The number of nitrogens with zero attached hydrogens (tertiary/aromatic N) is 2. The van der Waals surface area contributed by atoms with E-state index in [9.17, 15) is 19.7 Å². The van der Waals surface area contributed by atoms with E-state index >= 15 is 0 Å². The normalized spacial score (nSPS) is 10.6. The van der Waals surface area contributed by atoms with Crippen molar-refractivity contribution in [1.82, 2.24) is 0 Å². The Balaban J connectivity index is 1.46. The minimum absolute atomic E-state index is 0.0931. The van der Waals surface area contributed by atoms with Crippen molar-refractivity contribution < 1.29 is 19.2 Å². The number of nitro groups is 1. The van der Waals surface area contributed by atoms with Crippen LogP contribution in [0.15, 0.2) is 121 Å². The number of amides is 2. The Bertz CT molecular complexity index is 1790. The minimum Gasteiger partial charge on any atom is -0.487 e. The fourth-order valence-electron chi connectivity index (χ4n) is 4.79. The van der Waals surface area contributed by atoms with Crippen LogP contribution in [0.3, 0.4) is 0 Å². The lowest BCUT2D eigenvalue weighted by molar-refractivity contribution is -0.385. The van der Waals surface area contributed by atoms with Crippen LogP contribution in [0.1, 0.15) is 31.8 Å². The summed E-state index contributed by atoms with van der Waals surface area (Å²) in [6.07, 6.45) is 0. The van der Waals surface area contributed by atoms with E-state index in [0.717, 1.165) is 11.1 Å². The quantitative estimate of drug-likeness (QED) is 0.144. The smallest absolute Gasteiger partial charge is 0.282 e. The topological polar surface area (TPSA) is 102 Å². The van der Waals surface area contributed by atoms with Gasteiger partial charge in [-0.1, -0.05) is 91.0 Å². The second-order valence-electron chi connectivity index (χ2n) is 9.93. The lowest BCUT2D eigenvalue weighted by Gasteiger charge is -2.23. The molecule has 8 nitrogen and oxygen atoms in total. The number of aryl methyl sites for hydroxylation is 1. The lowest BCUT2D eigenvalue weighted by Crippen LogP contribution is -2.28. The Kier molecular flexibility index (Phi) is 8.58. The van der Waals surface area contributed by atoms with Gasteiger partial charge in [-0.2, -0.15) is 0 Å². The van der Waals surface area contributed by atoms with Gasteiger partial charge in [-0.25, -0.2) is 0 Å². The van der Waals surface area contributed by atoms with Gasteiger partial charge in [-0.05, 0) is 47.9 Å². The van der Waals surface area contributed by atoms with Crippen LogP contribution in [0.4, 0.5) is 17.1 Å². The molecule has 5 rings (SSSR count). The summed E-state index contributed by atoms with van der Waals surface area (Å²) >= 11 is 0. The average molecular weight is 572 g/mol. The van der Waals surface area contributed by atoms with Crippen molar-refractivity contribution >= 4 is 28.9 Å². The number of rotatable bonds is 9. The van der Waals surface area contributed by atoms with Gasteiger partial charge in [0, 0.05) is 18.7 Å². The van der Waals surface area contributed by atoms with Gasteiger partial charge in [0.25, 0.3) is 17.5 Å². The van der Waals surface area contributed by atoms with E-state index < -0.39 is 16.7 Å². The molecule has 0 fully saturated rings. The molecule has 1 N–H and O–H groups in total. The van der Waals surface area contributed by atoms with Gasteiger partial charge >= 0.3 is 0 Å². The first kappa shape index (κ1) is 28.8. The van der Waals surface area contributed by atoms with E-state index in [2.05, 4.69) is 5.32 Å². The zero-order valence-electron chi connectivity index (χ0n) is 23.7. The predicted octanol–water partition coefficient (Wildman–Crippen LogP) is 7.68. The largest absolute Gasteiger partial charge is 0.487 e. The molecule has 5 aromatic rings. The summed E-state index contributed by atoms with van der Waals surface area (Å²) in [5, 5.41) is 14.7. The predicted molar refractivity (Wildman–Crippen MR) is 168 cm³/mol. The molecule has 0 aliphatic heterocycles. The maximum atomic E-state index is 13.9. The number of hydrogen-bond acceptors (Lipinski definition) is 5. The van der Waals surface area contributed by atoms with Crippen molar-refractivity contribution in [3.05, 3.63) is 154 Å². The fourth-order valence-corrected chi connectivity index (χ4v) is 4.79. The molecule has 0 unspecified atom stereocenters. The molecule has 0 saturated carbocycles. The molecule has 2 amide bonds. The first-order valence-electron chi connectivity index (χ1n) is 13.6. The summed E-state index contributed by atoms with van der Waals surface area (Å²) < 4.78 is 6.13. The molecule has 214 valence electrons. The Morgan fingerprint density at radius 1 is 0.837 bits per heavy atom. The van der Waals surface area contributed by atoms with Gasteiger partial charge in [0.1, 0.15) is 17.9 Å². The summed E-state index contributed by atoms with van der Waals surface area (Å²) in [6, 6.07) is 35.3. The molecular weight excluding hydrogens is 542 g/mol. The van der Waals surface area contributed by atoms with Gasteiger partial charge in [-0.3, -0.25) is 19.7 Å². The lowest BCUT2D eigenvalue weighted by atomic mass is 9.97. The summed E-state index contributed by atoms with van der Waals surface area (Å²) in [5.41, 5.74) is 3.59. The van der Waals surface area contributed by atoms with Gasteiger partial charge in [-0.15, -0.1) is 0 Å². The molecule has 0 spiro atoms. The van der Waals surface area contributed by atoms with Crippen LogP contribution < -0.4 is 15.0 Å². The van der Waals surface area contributed by atoms with Crippen LogP contribution in [0.25, 0.3) is 11.1 Å². The van der Waals surface area contributed by atoms with Gasteiger partial charge in [0.05, 0.1) is 21.9 Å². The van der Waals surface area contributed by atoms with Crippen LogP contribution in [-0.4, -0.2) is 23.8 Å². The summed E-state index contributed by atoms with van der Waals surface area (Å²) in [4.78, 5) is 40.4. The number of para-hydroxylation sites is 1. The highest BCUT2D eigenvalue weighted by Crippen LogP contribution is 2.34. The fraction of sp³-hybridized carbons (Fsp3) is 0.0857. The third-order valence-corrected chi connectivity index (χ3v) is 6.98. The molecule has 0 radical (unpaired) electrons. The van der Waals surface area contributed by atoms with Crippen LogP contribution in [0.5, 0.6) is 5.75 Å². The van der Waals surface area contributed by atoms with E-state index in [4.69, 9.17) is 4.74 Å². The second kappa shape index (κ2) is 12.8. The first-order chi connectivity index (χ1) is 20.8. The molecule has 0 bridgehead atoms. The molecule has 0 saturated heterocycles.